The molecule has 0 aromatic rings. The molecule has 0 atom stereocenters. The first-order valence-corrected chi connectivity index (χ1v) is 9.11. The van der Waals surface area contributed by atoms with Gasteiger partial charge in [-0.05, 0) is 78.3 Å². The normalized spacial score (nSPS) is 51.1. The van der Waals surface area contributed by atoms with E-state index in [4.69, 9.17) is 22.5 Å². The molecule has 0 heterocycles. The Bertz CT molecular complexity index is 270. The summed E-state index contributed by atoms with van der Waals surface area (Å²) >= 11 is 11.8. The van der Waals surface area contributed by atoms with Crippen molar-refractivity contribution in [2.24, 2.45) is 23.7 Å². The Morgan fingerprint density at radius 3 is 1.64 bits per heavy atom. The summed E-state index contributed by atoms with van der Waals surface area (Å²) in [6.45, 7) is 0. The van der Waals surface area contributed by atoms with Crippen LogP contribution >= 0.6 is 28.3 Å². The van der Waals surface area contributed by atoms with Crippen molar-refractivity contribution in [3.8, 4) is 0 Å². The van der Waals surface area contributed by atoms with Crippen molar-refractivity contribution in [2.45, 2.75) is 37.8 Å². The highest BCUT2D eigenvalue weighted by atomic mass is 35.9. The SMILES string of the molecule is O=P(Cl)(Cl)C1C2CC3CC(C2)CC1C3. The van der Waals surface area contributed by atoms with Gasteiger partial charge in [0.15, 0.2) is 0 Å². The maximum atomic E-state index is 11.8. The smallest absolute Gasteiger partial charge is 0.256 e. The molecular weight excluding hydrogens is 238 g/mol. The fraction of sp³-hybridized carbons (Fsp3) is 1.00. The van der Waals surface area contributed by atoms with Crippen molar-refractivity contribution < 1.29 is 4.57 Å². The molecule has 1 nitrogen and oxygen atoms in total. The predicted octanol–water partition coefficient (Wildman–Crippen LogP) is 4.48. The van der Waals surface area contributed by atoms with Crippen LogP contribution in [0.1, 0.15) is 32.1 Å². The molecule has 4 aliphatic rings. The average molecular weight is 253 g/mol. The topological polar surface area (TPSA) is 17.1 Å². The lowest BCUT2D eigenvalue weighted by Crippen LogP contribution is -2.47. The van der Waals surface area contributed by atoms with Crippen molar-refractivity contribution >= 4 is 28.3 Å². The van der Waals surface area contributed by atoms with Crippen LogP contribution in [0.15, 0.2) is 0 Å². The first-order valence-electron chi connectivity index (χ1n) is 5.53. The molecule has 4 bridgehead atoms. The van der Waals surface area contributed by atoms with E-state index < -0.39 is 5.85 Å². The largest absolute Gasteiger partial charge is 0.289 e. The molecule has 4 saturated carbocycles. The van der Waals surface area contributed by atoms with Crippen molar-refractivity contribution in [1.82, 2.24) is 0 Å². The molecule has 4 fully saturated rings. The standard InChI is InChI=1S/C10H15Cl2OP/c11-14(12,13)10-8-2-6-1-7(4-8)5-9(10)3-6/h6-10H,1-5H2. The van der Waals surface area contributed by atoms with Gasteiger partial charge in [-0.15, -0.1) is 0 Å². The summed E-state index contributed by atoms with van der Waals surface area (Å²) in [5.41, 5.74) is 0.138. The van der Waals surface area contributed by atoms with Crippen molar-refractivity contribution in [2.75, 3.05) is 0 Å². The third-order valence-electron chi connectivity index (χ3n) is 4.52. The second kappa shape index (κ2) is 3.15. The van der Waals surface area contributed by atoms with Crippen LogP contribution in [0.25, 0.3) is 0 Å². The molecule has 80 valence electrons. The highest BCUT2D eigenvalue weighted by molar-refractivity contribution is 8.09. The van der Waals surface area contributed by atoms with Gasteiger partial charge in [0, 0.05) is 5.66 Å². The molecule has 0 aromatic carbocycles. The third-order valence-corrected chi connectivity index (χ3v) is 7.41. The maximum Gasteiger partial charge on any atom is 0.256 e. The average Bonchev–Trinajstić information content (AvgIpc) is 1.97. The first-order chi connectivity index (χ1) is 6.54. The van der Waals surface area contributed by atoms with Gasteiger partial charge >= 0.3 is 0 Å². The number of halogens is 2. The molecule has 0 N–H and O–H groups in total. The zero-order valence-corrected chi connectivity index (χ0v) is 10.4. The van der Waals surface area contributed by atoms with E-state index >= 15 is 0 Å². The van der Waals surface area contributed by atoms with E-state index in [0.717, 1.165) is 11.8 Å². The van der Waals surface area contributed by atoms with E-state index in [-0.39, 0.29) is 5.66 Å². The van der Waals surface area contributed by atoms with Crippen molar-refractivity contribution in [3.05, 3.63) is 0 Å². The Morgan fingerprint density at radius 2 is 1.29 bits per heavy atom. The second-order valence-corrected chi connectivity index (χ2v) is 10.6. The van der Waals surface area contributed by atoms with E-state index in [1.54, 1.807) is 0 Å². The van der Waals surface area contributed by atoms with Crippen molar-refractivity contribution in [3.63, 3.8) is 0 Å². The zero-order chi connectivity index (χ0) is 9.92. The lowest BCUT2D eigenvalue weighted by molar-refractivity contribution is 0.0243. The summed E-state index contributed by atoms with van der Waals surface area (Å²) in [6, 6.07) is 0. The highest BCUT2D eigenvalue weighted by Crippen LogP contribution is 2.71. The van der Waals surface area contributed by atoms with Gasteiger partial charge in [-0.2, -0.15) is 0 Å². The highest BCUT2D eigenvalue weighted by Gasteiger charge is 2.53. The quantitative estimate of drug-likeness (QED) is 0.629. The molecule has 0 amide bonds. The Labute approximate surface area is 94.5 Å². The van der Waals surface area contributed by atoms with Crippen molar-refractivity contribution in [1.29, 1.82) is 0 Å². The van der Waals surface area contributed by atoms with Gasteiger partial charge in [0.25, 0.3) is 5.85 Å². The van der Waals surface area contributed by atoms with Gasteiger partial charge in [0.1, 0.15) is 0 Å². The minimum absolute atomic E-state index is 0.138. The molecule has 0 radical (unpaired) electrons. The number of hydrogen-bond acceptors (Lipinski definition) is 1. The minimum atomic E-state index is -2.88. The van der Waals surface area contributed by atoms with E-state index in [0.29, 0.717) is 11.8 Å². The Morgan fingerprint density at radius 1 is 0.857 bits per heavy atom. The van der Waals surface area contributed by atoms with E-state index in [1.807, 2.05) is 0 Å². The Kier molecular flexibility index (Phi) is 2.25. The van der Waals surface area contributed by atoms with E-state index in [9.17, 15) is 4.57 Å². The van der Waals surface area contributed by atoms with E-state index in [2.05, 4.69) is 0 Å². The fourth-order valence-corrected chi connectivity index (χ4v) is 7.77. The summed E-state index contributed by atoms with van der Waals surface area (Å²) in [5.74, 6) is 0.0656. The molecule has 4 heteroatoms. The predicted molar refractivity (Wildman–Crippen MR) is 60.1 cm³/mol. The minimum Gasteiger partial charge on any atom is -0.289 e. The molecular formula is C10H15Cl2OP. The van der Waals surface area contributed by atoms with Gasteiger partial charge in [-0.3, -0.25) is 4.57 Å². The molecule has 0 spiro atoms. The lowest BCUT2D eigenvalue weighted by atomic mass is 9.56. The Balaban J connectivity index is 1.92. The molecule has 0 unspecified atom stereocenters. The summed E-state index contributed by atoms with van der Waals surface area (Å²) in [5, 5.41) is 0. The third kappa shape index (κ3) is 1.47. The van der Waals surface area contributed by atoms with Crippen LogP contribution in [0, 0.1) is 23.7 Å². The van der Waals surface area contributed by atoms with Crippen LogP contribution in [0.4, 0.5) is 0 Å². The van der Waals surface area contributed by atoms with Gasteiger partial charge < -0.3 is 0 Å². The molecule has 0 aromatic heterocycles. The summed E-state index contributed by atoms with van der Waals surface area (Å²) in [7, 11) is 0. The molecule has 4 aliphatic carbocycles. The Hall–Kier alpha value is 0.810. The van der Waals surface area contributed by atoms with Gasteiger partial charge in [0.05, 0.1) is 0 Å². The van der Waals surface area contributed by atoms with Crippen LogP contribution < -0.4 is 0 Å². The first kappa shape index (κ1) is 10.00. The lowest BCUT2D eigenvalue weighted by Gasteiger charge is -2.54. The molecule has 0 aliphatic heterocycles. The van der Waals surface area contributed by atoms with E-state index in [1.165, 1.54) is 32.1 Å². The summed E-state index contributed by atoms with van der Waals surface area (Å²) in [6.07, 6.45) is 6.36. The van der Waals surface area contributed by atoms with Crippen LogP contribution in [0.5, 0.6) is 0 Å². The monoisotopic (exact) mass is 252 g/mol. The van der Waals surface area contributed by atoms with Gasteiger partial charge in [-0.25, -0.2) is 0 Å². The second-order valence-electron chi connectivity index (χ2n) is 5.42. The molecule has 4 rings (SSSR count). The van der Waals surface area contributed by atoms with Crippen LogP contribution in [0.2, 0.25) is 0 Å². The maximum absolute atomic E-state index is 11.8. The number of rotatable bonds is 1. The fourth-order valence-electron chi connectivity index (χ4n) is 4.39. The molecule has 0 saturated heterocycles. The number of hydrogen-bond donors (Lipinski definition) is 0. The van der Waals surface area contributed by atoms with Crippen LogP contribution in [0.3, 0.4) is 0 Å². The van der Waals surface area contributed by atoms with Gasteiger partial charge in [0.2, 0.25) is 0 Å². The molecule has 14 heavy (non-hydrogen) atoms. The zero-order valence-electron chi connectivity index (χ0n) is 8.03. The van der Waals surface area contributed by atoms with Gasteiger partial charge in [-0.1, -0.05) is 0 Å². The summed E-state index contributed by atoms with van der Waals surface area (Å²) in [4.78, 5) is 0. The summed E-state index contributed by atoms with van der Waals surface area (Å²) < 4.78 is 11.8. The van der Waals surface area contributed by atoms with Crippen LogP contribution in [-0.2, 0) is 4.57 Å². The van der Waals surface area contributed by atoms with Crippen LogP contribution in [-0.4, -0.2) is 5.66 Å².